The molecule has 0 radical (unpaired) electrons. The number of thioether (sulfide) groups is 1. The standard InChI is InChI=1S/C14H19NO4S2/c1-14(13(16)17,15-10-3-4-10)9-20-11-5-7-12(8-6-11)21(2,18)19/h5-8,10,15H,3-4,9H2,1-2H3,(H,16,17). The van der Waals surface area contributed by atoms with Gasteiger partial charge in [-0.15, -0.1) is 11.8 Å². The van der Waals surface area contributed by atoms with Crippen molar-refractivity contribution < 1.29 is 18.3 Å². The molecule has 1 aromatic carbocycles. The van der Waals surface area contributed by atoms with Gasteiger partial charge in [-0.05, 0) is 44.0 Å². The number of carboxylic acid groups (broad SMARTS) is 1. The van der Waals surface area contributed by atoms with E-state index < -0.39 is 21.3 Å². The van der Waals surface area contributed by atoms with Gasteiger partial charge < -0.3 is 5.11 Å². The maximum absolute atomic E-state index is 11.4. The molecule has 1 unspecified atom stereocenters. The van der Waals surface area contributed by atoms with Crippen LogP contribution >= 0.6 is 11.8 Å². The number of rotatable bonds is 7. The van der Waals surface area contributed by atoms with Gasteiger partial charge in [0.15, 0.2) is 9.84 Å². The van der Waals surface area contributed by atoms with Crippen molar-refractivity contribution in [2.75, 3.05) is 12.0 Å². The SMILES string of the molecule is CC(CSc1ccc(S(C)(=O)=O)cc1)(NC1CC1)C(=O)O. The zero-order chi connectivity index (χ0) is 15.7. The van der Waals surface area contributed by atoms with Crippen LogP contribution in [0.2, 0.25) is 0 Å². The van der Waals surface area contributed by atoms with Crippen LogP contribution in [-0.4, -0.2) is 43.1 Å². The molecular formula is C14H19NO4S2. The normalized spacial score (nSPS) is 18.2. The number of nitrogens with one attached hydrogen (secondary N) is 1. The van der Waals surface area contributed by atoms with Crippen molar-refractivity contribution in [1.29, 1.82) is 0 Å². The number of carbonyl (C=O) groups is 1. The third-order valence-electron chi connectivity index (χ3n) is 3.35. The fourth-order valence-corrected chi connectivity index (χ4v) is 3.48. The van der Waals surface area contributed by atoms with Crippen LogP contribution in [0.1, 0.15) is 19.8 Å². The lowest BCUT2D eigenvalue weighted by Gasteiger charge is -2.26. The summed E-state index contributed by atoms with van der Waals surface area (Å²) in [5.41, 5.74) is -0.971. The predicted octanol–water partition coefficient (Wildman–Crippen LogP) is 1.78. The first-order valence-corrected chi connectivity index (χ1v) is 9.52. The van der Waals surface area contributed by atoms with Crippen molar-refractivity contribution in [2.45, 2.75) is 41.1 Å². The molecule has 2 N–H and O–H groups in total. The third kappa shape index (κ3) is 4.46. The van der Waals surface area contributed by atoms with Crippen LogP contribution in [0.4, 0.5) is 0 Å². The summed E-state index contributed by atoms with van der Waals surface area (Å²) >= 11 is 1.41. The van der Waals surface area contributed by atoms with Gasteiger partial charge in [-0.3, -0.25) is 10.1 Å². The topological polar surface area (TPSA) is 83.5 Å². The second-order valence-corrected chi connectivity index (χ2v) is 8.65. The lowest BCUT2D eigenvalue weighted by molar-refractivity contribution is -0.143. The van der Waals surface area contributed by atoms with Gasteiger partial charge in [0.25, 0.3) is 0 Å². The van der Waals surface area contributed by atoms with Crippen molar-refractivity contribution in [2.24, 2.45) is 0 Å². The molecule has 1 aliphatic carbocycles. The van der Waals surface area contributed by atoms with Gasteiger partial charge in [-0.2, -0.15) is 0 Å². The van der Waals surface area contributed by atoms with E-state index in [0.717, 1.165) is 24.0 Å². The van der Waals surface area contributed by atoms with E-state index in [0.29, 0.717) is 11.8 Å². The quantitative estimate of drug-likeness (QED) is 0.742. The molecule has 0 aromatic heterocycles. The number of carboxylic acids is 1. The molecule has 0 saturated heterocycles. The van der Waals surface area contributed by atoms with E-state index in [1.165, 1.54) is 11.8 Å². The predicted molar refractivity (Wildman–Crippen MR) is 82.5 cm³/mol. The molecule has 0 bridgehead atoms. The second kappa shape index (κ2) is 5.98. The molecule has 7 heteroatoms. The van der Waals surface area contributed by atoms with Crippen LogP contribution < -0.4 is 5.32 Å². The smallest absolute Gasteiger partial charge is 0.324 e. The number of sulfone groups is 1. The number of benzene rings is 1. The van der Waals surface area contributed by atoms with Crippen LogP contribution in [0.3, 0.4) is 0 Å². The molecule has 0 amide bonds. The van der Waals surface area contributed by atoms with E-state index in [1.807, 2.05) is 0 Å². The Balaban J connectivity index is 2.02. The lowest BCUT2D eigenvalue weighted by atomic mass is 10.1. The molecule has 5 nitrogen and oxygen atoms in total. The molecule has 21 heavy (non-hydrogen) atoms. The molecule has 2 rings (SSSR count). The highest BCUT2D eigenvalue weighted by molar-refractivity contribution is 7.99. The summed E-state index contributed by atoms with van der Waals surface area (Å²) in [6.07, 6.45) is 3.21. The fraction of sp³-hybridized carbons (Fsp3) is 0.500. The maximum atomic E-state index is 11.4. The zero-order valence-electron chi connectivity index (χ0n) is 12.0. The van der Waals surface area contributed by atoms with Crippen molar-refractivity contribution in [3.63, 3.8) is 0 Å². The van der Waals surface area contributed by atoms with Crippen molar-refractivity contribution in [3.05, 3.63) is 24.3 Å². The summed E-state index contributed by atoms with van der Waals surface area (Å²) < 4.78 is 22.8. The second-order valence-electron chi connectivity index (χ2n) is 5.59. The first kappa shape index (κ1) is 16.3. The number of aliphatic carboxylic acids is 1. The van der Waals surface area contributed by atoms with E-state index in [9.17, 15) is 18.3 Å². The first-order chi connectivity index (χ1) is 9.71. The Morgan fingerprint density at radius 1 is 1.38 bits per heavy atom. The van der Waals surface area contributed by atoms with Gasteiger partial charge >= 0.3 is 5.97 Å². The molecule has 1 aliphatic rings. The minimum absolute atomic E-state index is 0.268. The minimum atomic E-state index is -3.20. The molecule has 1 aromatic rings. The van der Waals surface area contributed by atoms with E-state index >= 15 is 0 Å². The van der Waals surface area contributed by atoms with E-state index in [2.05, 4.69) is 5.32 Å². The van der Waals surface area contributed by atoms with Crippen molar-refractivity contribution in [3.8, 4) is 0 Å². The Labute approximate surface area is 129 Å². The van der Waals surface area contributed by atoms with Crippen LogP contribution in [0.25, 0.3) is 0 Å². The monoisotopic (exact) mass is 329 g/mol. The Morgan fingerprint density at radius 3 is 2.38 bits per heavy atom. The van der Waals surface area contributed by atoms with Gasteiger partial charge in [0.1, 0.15) is 5.54 Å². The van der Waals surface area contributed by atoms with Gasteiger partial charge in [-0.1, -0.05) is 0 Å². The summed E-state index contributed by atoms with van der Waals surface area (Å²) in [6.45, 7) is 1.69. The molecule has 1 atom stereocenters. The molecule has 0 spiro atoms. The maximum Gasteiger partial charge on any atom is 0.324 e. The Kier molecular flexibility index (Phi) is 4.65. The van der Waals surface area contributed by atoms with Crippen LogP contribution in [0, 0.1) is 0 Å². The van der Waals surface area contributed by atoms with Crippen molar-refractivity contribution in [1.82, 2.24) is 5.32 Å². The Hall–Kier alpha value is -1.05. The van der Waals surface area contributed by atoms with E-state index in [1.54, 1.807) is 31.2 Å². The minimum Gasteiger partial charge on any atom is -0.480 e. The average Bonchev–Trinajstić information content (AvgIpc) is 3.19. The third-order valence-corrected chi connectivity index (χ3v) is 5.81. The van der Waals surface area contributed by atoms with Crippen LogP contribution in [0.5, 0.6) is 0 Å². The molecule has 0 aliphatic heterocycles. The lowest BCUT2D eigenvalue weighted by Crippen LogP contribution is -2.52. The summed E-state index contributed by atoms with van der Waals surface area (Å²) in [5, 5.41) is 12.5. The van der Waals surface area contributed by atoms with Gasteiger partial charge in [-0.25, -0.2) is 8.42 Å². The summed E-state index contributed by atoms with van der Waals surface area (Å²) in [6, 6.07) is 6.81. The summed E-state index contributed by atoms with van der Waals surface area (Å²) in [5.74, 6) is -0.480. The Bertz CT molecular complexity index is 623. The fourth-order valence-electron chi connectivity index (χ4n) is 1.85. The zero-order valence-corrected chi connectivity index (χ0v) is 13.6. The van der Waals surface area contributed by atoms with E-state index in [4.69, 9.17) is 0 Å². The van der Waals surface area contributed by atoms with Crippen LogP contribution in [0.15, 0.2) is 34.1 Å². The van der Waals surface area contributed by atoms with Crippen molar-refractivity contribution >= 4 is 27.6 Å². The highest BCUT2D eigenvalue weighted by Gasteiger charge is 2.38. The molecule has 0 heterocycles. The highest BCUT2D eigenvalue weighted by Crippen LogP contribution is 2.28. The largest absolute Gasteiger partial charge is 0.480 e. The molecule has 1 saturated carbocycles. The highest BCUT2D eigenvalue weighted by atomic mass is 32.2. The van der Waals surface area contributed by atoms with Gasteiger partial charge in [0.2, 0.25) is 0 Å². The van der Waals surface area contributed by atoms with Crippen LogP contribution in [-0.2, 0) is 14.6 Å². The number of hydrogen-bond acceptors (Lipinski definition) is 5. The first-order valence-electron chi connectivity index (χ1n) is 6.65. The summed E-state index contributed by atoms with van der Waals surface area (Å²) in [7, 11) is -3.20. The molecule has 116 valence electrons. The molecular weight excluding hydrogens is 310 g/mol. The Morgan fingerprint density at radius 2 is 1.95 bits per heavy atom. The average molecular weight is 329 g/mol. The number of hydrogen-bond donors (Lipinski definition) is 2. The summed E-state index contributed by atoms with van der Waals surface area (Å²) in [4.78, 5) is 12.6. The van der Waals surface area contributed by atoms with E-state index in [-0.39, 0.29) is 4.90 Å². The van der Waals surface area contributed by atoms with Gasteiger partial charge in [0.05, 0.1) is 4.90 Å². The molecule has 1 fully saturated rings. The van der Waals surface area contributed by atoms with Gasteiger partial charge in [0, 0.05) is 22.9 Å².